The molecule has 1 aromatic heterocycles. The molecule has 0 spiro atoms. The zero-order valence-electron chi connectivity index (χ0n) is 17.4. The quantitative estimate of drug-likeness (QED) is 0.314. The number of benzene rings is 4. The van der Waals surface area contributed by atoms with Gasteiger partial charge in [-0.05, 0) is 18.1 Å². The highest BCUT2D eigenvalue weighted by molar-refractivity contribution is 5.80. The molecule has 2 nitrogen and oxygen atoms in total. The van der Waals surface area contributed by atoms with Crippen LogP contribution in [0.25, 0.3) is 44.9 Å². The standard InChI is InChI=1S/C29H22N2/c1-21-9-8-14-26(19-21)22-15-17-23(18-16-22)27-20-30-28(24-10-4-2-5-11-24)29(31-27)25-12-6-3-7-13-25/h2-20H,1H3. The lowest BCUT2D eigenvalue weighted by Gasteiger charge is -2.11. The van der Waals surface area contributed by atoms with E-state index in [1.807, 2.05) is 42.6 Å². The second-order valence-electron chi connectivity index (χ2n) is 7.63. The molecular formula is C29H22N2. The van der Waals surface area contributed by atoms with E-state index in [4.69, 9.17) is 9.97 Å². The third-order valence-corrected chi connectivity index (χ3v) is 5.40. The molecule has 4 aromatic carbocycles. The Morgan fingerprint density at radius 3 is 1.71 bits per heavy atom. The Kier molecular flexibility index (Phi) is 5.12. The summed E-state index contributed by atoms with van der Waals surface area (Å²) in [6.07, 6.45) is 1.87. The van der Waals surface area contributed by atoms with E-state index in [0.717, 1.165) is 33.8 Å². The number of hydrogen-bond acceptors (Lipinski definition) is 2. The minimum absolute atomic E-state index is 0.870. The maximum absolute atomic E-state index is 5.04. The number of rotatable bonds is 4. The average Bonchev–Trinajstić information content (AvgIpc) is 2.85. The normalized spacial score (nSPS) is 10.7. The predicted molar refractivity (Wildman–Crippen MR) is 129 cm³/mol. The van der Waals surface area contributed by atoms with Crippen LogP contribution < -0.4 is 0 Å². The van der Waals surface area contributed by atoms with Gasteiger partial charge in [-0.3, -0.25) is 4.98 Å². The fourth-order valence-electron chi connectivity index (χ4n) is 3.79. The monoisotopic (exact) mass is 398 g/mol. The van der Waals surface area contributed by atoms with Crippen molar-refractivity contribution in [1.82, 2.24) is 9.97 Å². The minimum atomic E-state index is 0.870. The molecular weight excluding hydrogens is 376 g/mol. The SMILES string of the molecule is Cc1cccc(-c2ccc(-c3cnc(-c4ccccc4)c(-c4ccccc4)n3)cc2)c1. The molecule has 0 atom stereocenters. The molecule has 1 heterocycles. The van der Waals surface area contributed by atoms with Gasteiger partial charge in [-0.2, -0.15) is 0 Å². The molecule has 0 bridgehead atoms. The number of aryl methyl sites for hydroxylation is 1. The van der Waals surface area contributed by atoms with E-state index < -0.39 is 0 Å². The smallest absolute Gasteiger partial charge is 0.0972 e. The van der Waals surface area contributed by atoms with Crippen molar-refractivity contribution >= 4 is 0 Å². The predicted octanol–water partition coefficient (Wildman–Crippen LogP) is 7.45. The summed E-state index contributed by atoms with van der Waals surface area (Å²) in [5.41, 5.74) is 9.53. The molecule has 0 fully saturated rings. The van der Waals surface area contributed by atoms with Gasteiger partial charge >= 0.3 is 0 Å². The van der Waals surface area contributed by atoms with Crippen LogP contribution in [0.3, 0.4) is 0 Å². The van der Waals surface area contributed by atoms with Crippen LogP contribution in [0, 0.1) is 6.92 Å². The molecule has 0 unspecified atom stereocenters. The summed E-state index contributed by atoms with van der Waals surface area (Å²) in [7, 11) is 0. The molecule has 0 saturated heterocycles. The van der Waals surface area contributed by atoms with Crippen LogP contribution in [0.4, 0.5) is 0 Å². The molecule has 5 aromatic rings. The Hall–Kier alpha value is -4.04. The Bertz CT molecular complexity index is 1310. The van der Waals surface area contributed by atoms with Crippen LogP contribution in [0.5, 0.6) is 0 Å². The van der Waals surface area contributed by atoms with Gasteiger partial charge in [-0.25, -0.2) is 4.98 Å². The Balaban J connectivity index is 1.57. The zero-order valence-corrected chi connectivity index (χ0v) is 17.4. The molecule has 0 N–H and O–H groups in total. The van der Waals surface area contributed by atoms with Gasteiger partial charge in [-0.15, -0.1) is 0 Å². The van der Waals surface area contributed by atoms with Crippen LogP contribution in [0.1, 0.15) is 5.56 Å². The highest BCUT2D eigenvalue weighted by Gasteiger charge is 2.13. The Morgan fingerprint density at radius 1 is 0.484 bits per heavy atom. The van der Waals surface area contributed by atoms with E-state index in [2.05, 4.69) is 79.7 Å². The summed E-state index contributed by atoms with van der Waals surface area (Å²) in [6.45, 7) is 2.12. The molecule has 0 aliphatic heterocycles. The fraction of sp³-hybridized carbons (Fsp3) is 0.0345. The first-order chi connectivity index (χ1) is 15.3. The first-order valence-corrected chi connectivity index (χ1v) is 10.4. The maximum atomic E-state index is 5.04. The van der Waals surface area contributed by atoms with E-state index in [-0.39, 0.29) is 0 Å². The van der Waals surface area contributed by atoms with Crippen LogP contribution >= 0.6 is 0 Å². The molecule has 2 heteroatoms. The number of hydrogen-bond donors (Lipinski definition) is 0. The number of nitrogens with zero attached hydrogens (tertiary/aromatic N) is 2. The van der Waals surface area contributed by atoms with Gasteiger partial charge in [0.15, 0.2) is 0 Å². The van der Waals surface area contributed by atoms with Gasteiger partial charge in [-0.1, -0.05) is 115 Å². The molecule has 0 saturated carbocycles. The fourth-order valence-corrected chi connectivity index (χ4v) is 3.79. The van der Waals surface area contributed by atoms with E-state index >= 15 is 0 Å². The summed E-state index contributed by atoms with van der Waals surface area (Å²) in [4.78, 5) is 9.87. The van der Waals surface area contributed by atoms with Crippen LogP contribution in [0.15, 0.2) is 115 Å². The van der Waals surface area contributed by atoms with E-state index in [0.29, 0.717) is 0 Å². The maximum Gasteiger partial charge on any atom is 0.0972 e. The first kappa shape index (κ1) is 19.0. The molecule has 31 heavy (non-hydrogen) atoms. The van der Waals surface area contributed by atoms with Crippen LogP contribution in [0.2, 0.25) is 0 Å². The van der Waals surface area contributed by atoms with Crippen LogP contribution in [-0.2, 0) is 0 Å². The lowest BCUT2D eigenvalue weighted by molar-refractivity contribution is 1.21. The Labute approximate surface area is 182 Å². The third kappa shape index (κ3) is 4.01. The minimum Gasteiger partial charge on any atom is -0.252 e. The second-order valence-corrected chi connectivity index (χ2v) is 7.63. The average molecular weight is 399 g/mol. The summed E-state index contributed by atoms with van der Waals surface area (Å²) in [5, 5.41) is 0. The Morgan fingerprint density at radius 2 is 1.06 bits per heavy atom. The summed E-state index contributed by atoms with van der Waals surface area (Å²) >= 11 is 0. The van der Waals surface area contributed by atoms with Crippen molar-refractivity contribution in [3.8, 4) is 44.9 Å². The van der Waals surface area contributed by atoms with Gasteiger partial charge < -0.3 is 0 Å². The number of aromatic nitrogens is 2. The lowest BCUT2D eigenvalue weighted by atomic mass is 10.0. The summed E-state index contributed by atoms with van der Waals surface area (Å²) in [6, 6.07) is 37.6. The second kappa shape index (κ2) is 8.37. The van der Waals surface area contributed by atoms with Crippen molar-refractivity contribution in [3.63, 3.8) is 0 Å². The highest BCUT2D eigenvalue weighted by Crippen LogP contribution is 2.31. The molecule has 0 aliphatic carbocycles. The van der Waals surface area contributed by atoms with E-state index in [1.165, 1.54) is 16.7 Å². The zero-order chi connectivity index (χ0) is 21.0. The van der Waals surface area contributed by atoms with Crippen molar-refractivity contribution in [2.75, 3.05) is 0 Å². The molecule has 0 aliphatic rings. The van der Waals surface area contributed by atoms with Gasteiger partial charge in [0.2, 0.25) is 0 Å². The van der Waals surface area contributed by atoms with Crippen molar-refractivity contribution in [2.24, 2.45) is 0 Å². The summed E-state index contributed by atoms with van der Waals surface area (Å²) < 4.78 is 0. The van der Waals surface area contributed by atoms with Crippen molar-refractivity contribution in [1.29, 1.82) is 0 Å². The van der Waals surface area contributed by atoms with Gasteiger partial charge in [0, 0.05) is 16.7 Å². The van der Waals surface area contributed by atoms with Gasteiger partial charge in [0.25, 0.3) is 0 Å². The van der Waals surface area contributed by atoms with Crippen molar-refractivity contribution in [3.05, 3.63) is 121 Å². The van der Waals surface area contributed by atoms with Gasteiger partial charge in [0.05, 0.1) is 23.3 Å². The van der Waals surface area contributed by atoms with Gasteiger partial charge in [0.1, 0.15) is 0 Å². The van der Waals surface area contributed by atoms with E-state index in [1.54, 1.807) is 0 Å². The topological polar surface area (TPSA) is 25.8 Å². The van der Waals surface area contributed by atoms with Crippen LogP contribution in [-0.4, -0.2) is 9.97 Å². The highest BCUT2D eigenvalue weighted by atomic mass is 14.8. The summed E-state index contributed by atoms with van der Waals surface area (Å²) in [5.74, 6) is 0. The molecule has 148 valence electrons. The van der Waals surface area contributed by atoms with Crippen molar-refractivity contribution < 1.29 is 0 Å². The first-order valence-electron chi connectivity index (χ1n) is 10.4. The molecule has 5 rings (SSSR count). The third-order valence-electron chi connectivity index (χ3n) is 5.40. The molecule has 0 radical (unpaired) electrons. The largest absolute Gasteiger partial charge is 0.252 e. The van der Waals surface area contributed by atoms with E-state index in [9.17, 15) is 0 Å². The molecule has 0 amide bonds. The lowest BCUT2D eigenvalue weighted by Crippen LogP contribution is -1.96. The van der Waals surface area contributed by atoms with Crippen molar-refractivity contribution in [2.45, 2.75) is 6.92 Å².